The van der Waals surface area contributed by atoms with Crippen LogP contribution in [0.25, 0.3) is 0 Å². The molecule has 51 heavy (non-hydrogen) atoms. The maximum atomic E-state index is 15.1. The average molecular weight is 841 g/mol. The Morgan fingerprint density at radius 2 is 1.25 bits per heavy atom. The maximum Gasteiger partial charge on any atom is 0.265 e. The van der Waals surface area contributed by atoms with E-state index in [-0.39, 0.29) is 37.2 Å². The van der Waals surface area contributed by atoms with Crippen LogP contribution in [0.1, 0.15) is 30.9 Å². The molecule has 270 valence electrons. The van der Waals surface area contributed by atoms with Crippen molar-refractivity contribution in [2.75, 3.05) is 37.9 Å². The second-order valence-electron chi connectivity index (χ2n) is 13.8. The molecular weight excluding hydrogens is 809 g/mol. The van der Waals surface area contributed by atoms with Crippen molar-refractivity contribution < 1.29 is 29.4 Å². The van der Waals surface area contributed by atoms with E-state index in [1.807, 2.05) is 55.5 Å². The van der Waals surface area contributed by atoms with Gasteiger partial charge in [-0.05, 0) is 102 Å². The van der Waals surface area contributed by atoms with E-state index in [1.54, 1.807) is 28.8 Å². The van der Waals surface area contributed by atoms with E-state index in [2.05, 4.69) is 10.6 Å². The van der Waals surface area contributed by atoms with Crippen molar-refractivity contribution in [2.45, 2.75) is 62.4 Å². The van der Waals surface area contributed by atoms with Gasteiger partial charge >= 0.3 is 0 Å². The summed E-state index contributed by atoms with van der Waals surface area (Å²) < 4.78 is 0. The second-order valence-corrected chi connectivity index (χ2v) is 26.5. The molecule has 2 spiro atoms. The number of benzene rings is 2. The number of carbonyl (C=O) groups is 4. The number of likely N-dealkylation sites (N-methyl/N-ethyl adjacent to an activating group) is 2. The van der Waals surface area contributed by atoms with Gasteiger partial charge in [0.25, 0.3) is 17.7 Å². The number of rotatable bonds is 4. The van der Waals surface area contributed by atoms with Gasteiger partial charge < -0.3 is 30.6 Å². The van der Waals surface area contributed by atoms with Gasteiger partial charge in [-0.25, -0.2) is 0 Å². The van der Waals surface area contributed by atoms with Crippen LogP contribution in [0, 0.1) is 0 Å². The Morgan fingerprint density at radius 3 is 1.88 bits per heavy atom. The third-order valence-corrected chi connectivity index (χ3v) is 26.8. The van der Waals surface area contributed by atoms with Gasteiger partial charge in [0, 0.05) is 38.3 Å². The van der Waals surface area contributed by atoms with Gasteiger partial charge in [0.1, 0.15) is 17.2 Å². The number of anilines is 2. The molecule has 2 bridgehead atoms. The molecule has 10 rings (SSSR count). The summed E-state index contributed by atoms with van der Waals surface area (Å²) >= 11 is 0. The number of aliphatic hydroxyl groups excluding tert-OH is 2. The first-order chi connectivity index (χ1) is 24.5. The molecule has 2 aromatic rings. The molecule has 6 saturated heterocycles. The van der Waals surface area contributed by atoms with Crippen LogP contribution in [-0.2, 0) is 30.0 Å². The topological polar surface area (TPSA) is 146 Å². The van der Waals surface area contributed by atoms with Crippen molar-refractivity contribution >= 4 is 118 Å². The summed E-state index contributed by atoms with van der Waals surface area (Å²) in [7, 11) is 14.2. The molecular formula is C31H32N6O6S8. The first-order valence-corrected chi connectivity index (χ1v) is 25.6. The first-order valence-electron chi connectivity index (χ1n) is 16.0. The molecule has 0 saturated carbocycles. The Morgan fingerprint density at radius 1 is 0.725 bits per heavy atom. The van der Waals surface area contributed by atoms with Gasteiger partial charge in [-0.1, -0.05) is 47.2 Å². The highest BCUT2D eigenvalue weighted by Gasteiger charge is 2.84. The molecule has 20 heteroatoms. The fraction of sp³-hybridized carbons (Fsp3) is 0.484. The molecule has 8 aliphatic heterocycles. The van der Waals surface area contributed by atoms with E-state index >= 15 is 9.59 Å². The number of carbonyl (C=O) groups excluding carboxylic acids is 4. The molecule has 0 unspecified atom stereocenters. The number of amides is 4. The molecule has 0 aromatic heterocycles. The molecule has 4 N–H and O–H groups in total. The van der Waals surface area contributed by atoms with E-state index in [0.717, 1.165) is 28.9 Å². The number of piperazine rings is 1. The van der Waals surface area contributed by atoms with Crippen LogP contribution in [0.5, 0.6) is 0 Å². The fourth-order valence-electron chi connectivity index (χ4n) is 9.46. The average Bonchev–Trinajstić information content (AvgIpc) is 3.82. The van der Waals surface area contributed by atoms with E-state index < -0.39 is 49.3 Å². The third-order valence-electron chi connectivity index (χ3n) is 12.0. The summed E-state index contributed by atoms with van der Waals surface area (Å²) in [6.07, 6.45) is -0.452. The molecule has 8 heterocycles. The predicted octanol–water partition coefficient (Wildman–Crippen LogP) is 4.56. The molecule has 2 aromatic carbocycles. The number of nitrogens with one attached hydrogen (secondary N) is 2. The van der Waals surface area contributed by atoms with Crippen LogP contribution in [0.15, 0.2) is 48.5 Å². The number of hydrogen-bond donors (Lipinski definition) is 4. The van der Waals surface area contributed by atoms with Crippen molar-refractivity contribution in [3.05, 3.63) is 59.7 Å². The normalized spacial score (nSPS) is 40.8. The number of likely N-dealkylation sites (tertiary alicyclic amines) is 1. The summed E-state index contributed by atoms with van der Waals surface area (Å²) in [5, 5.41) is 28.8. The quantitative estimate of drug-likeness (QED) is 0.252. The van der Waals surface area contributed by atoms with Crippen LogP contribution in [-0.4, -0.2) is 113 Å². The first kappa shape index (κ1) is 35.3. The van der Waals surface area contributed by atoms with E-state index in [0.29, 0.717) is 0 Å². The van der Waals surface area contributed by atoms with Crippen molar-refractivity contribution in [1.82, 2.24) is 19.6 Å². The Kier molecular flexibility index (Phi) is 8.19. The highest BCUT2D eigenvalue weighted by molar-refractivity contribution is 9.26. The van der Waals surface area contributed by atoms with Crippen LogP contribution < -0.4 is 10.6 Å². The minimum Gasteiger partial charge on any atom is -0.393 e. The zero-order chi connectivity index (χ0) is 35.8. The minimum atomic E-state index is -1.55. The largest absolute Gasteiger partial charge is 0.393 e. The van der Waals surface area contributed by atoms with Crippen molar-refractivity contribution in [3.8, 4) is 0 Å². The second kappa shape index (κ2) is 11.8. The molecule has 4 amide bonds. The van der Waals surface area contributed by atoms with Gasteiger partial charge in [0.2, 0.25) is 11.3 Å². The fourth-order valence-corrected chi connectivity index (χ4v) is 24.8. The zero-order valence-electron chi connectivity index (χ0n) is 27.3. The van der Waals surface area contributed by atoms with E-state index in [1.165, 1.54) is 87.4 Å². The van der Waals surface area contributed by atoms with Crippen molar-refractivity contribution in [3.63, 3.8) is 0 Å². The number of fused-ring (bicyclic) bond motifs is 11. The van der Waals surface area contributed by atoms with Crippen LogP contribution >= 0.6 is 82.5 Å². The highest BCUT2D eigenvalue weighted by Crippen LogP contribution is 2.77. The summed E-state index contributed by atoms with van der Waals surface area (Å²) in [5.41, 5.74) is 1.26. The number of hydrogen-bond acceptors (Lipinski definition) is 16. The number of aliphatic hydroxyl groups is 2. The van der Waals surface area contributed by atoms with E-state index in [4.69, 9.17) is 0 Å². The summed E-state index contributed by atoms with van der Waals surface area (Å²) in [6, 6.07) is 15.8. The molecule has 8 aliphatic rings. The lowest BCUT2D eigenvalue weighted by molar-refractivity contribution is -0.165. The number of nitrogens with zero attached hydrogens (tertiary/aromatic N) is 4. The number of para-hydroxylation sites is 2. The van der Waals surface area contributed by atoms with Gasteiger partial charge in [-0.2, -0.15) is 0 Å². The standard InChI is InChI=1S/C31H32N6O6S8/c1-26(14-38)34(2)23(41)29(45-49-48-44-26)12-27(17-8-4-6-10-19(17)32-21(27)36(29)16-40)28-13-30-24(42)35(3)31(15-39,47-51-50-46-30)25(43)37(30)22(28)33-20-11-7-5-9-18(20)28/h4-11,16,21-22,32-33,38-39H,12-15H2,1-3H3/t21-,22-,26-,27+,28+,29+,30+,31+/m1/s1. The lowest BCUT2D eigenvalue weighted by Crippen LogP contribution is -2.75. The molecule has 12 nitrogen and oxygen atoms in total. The monoisotopic (exact) mass is 840 g/mol. The van der Waals surface area contributed by atoms with Crippen LogP contribution in [0.2, 0.25) is 0 Å². The molecule has 8 atom stereocenters. The molecule has 6 fully saturated rings. The molecule has 0 aliphatic carbocycles. The Bertz CT molecular complexity index is 1900. The van der Waals surface area contributed by atoms with Gasteiger partial charge in [0.05, 0.1) is 24.0 Å². The van der Waals surface area contributed by atoms with Gasteiger partial charge in [0.15, 0.2) is 9.74 Å². The van der Waals surface area contributed by atoms with Crippen molar-refractivity contribution in [2.24, 2.45) is 0 Å². The van der Waals surface area contributed by atoms with E-state index in [9.17, 15) is 19.8 Å². The lowest BCUT2D eigenvalue weighted by Gasteiger charge is -2.54. The van der Waals surface area contributed by atoms with Crippen LogP contribution in [0.4, 0.5) is 11.4 Å². The zero-order valence-corrected chi connectivity index (χ0v) is 33.8. The van der Waals surface area contributed by atoms with Gasteiger partial charge in [-0.15, -0.1) is 0 Å². The summed E-state index contributed by atoms with van der Waals surface area (Å²) in [6.45, 7) is 0.959. The SMILES string of the molecule is CN1C(=O)[C@]2(C[C@]3([C@]45C[C@@]67SSSS[C@@](CO)(C(=O)N6[C@H]4Nc4ccccc45)N(C)C7=O)c4ccccc4N[C@@H]3N2C=O)SSSS[C@]1(C)CO. The Hall–Kier alpha value is -1.36. The Labute approximate surface area is 324 Å². The summed E-state index contributed by atoms with van der Waals surface area (Å²) in [4.78, 5) is 59.9. The lowest BCUT2D eigenvalue weighted by atomic mass is 9.54. The smallest absolute Gasteiger partial charge is 0.265 e. The van der Waals surface area contributed by atoms with Gasteiger partial charge in [-0.3, -0.25) is 29.0 Å². The predicted molar refractivity (Wildman–Crippen MR) is 212 cm³/mol. The minimum absolute atomic E-state index is 0.155. The maximum absolute atomic E-state index is 15.1. The van der Waals surface area contributed by atoms with Crippen LogP contribution in [0.3, 0.4) is 0 Å². The highest BCUT2D eigenvalue weighted by atomic mass is 33.7. The summed E-state index contributed by atoms with van der Waals surface area (Å²) in [5.74, 6) is -0.958. The molecule has 0 radical (unpaired) electrons. The third kappa shape index (κ3) is 4.05. The Balaban J connectivity index is 1.35. The van der Waals surface area contributed by atoms with Crippen molar-refractivity contribution in [1.29, 1.82) is 0 Å².